The Kier molecular flexibility index (Phi) is 4.93. The van der Waals surface area contributed by atoms with Gasteiger partial charge in [0.1, 0.15) is 0 Å². The molecule has 1 aromatic carbocycles. The van der Waals surface area contributed by atoms with Crippen LogP contribution < -0.4 is 5.32 Å². The van der Waals surface area contributed by atoms with Crippen molar-refractivity contribution in [3.05, 3.63) is 28.2 Å². The first-order valence-electron chi connectivity index (χ1n) is 6.27. The van der Waals surface area contributed by atoms with E-state index in [4.69, 9.17) is 4.74 Å². The molecule has 0 aromatic heterocycles. The molecule has 20 heavy (non-hydrogen) atoms. The Bertz CT molecular complexity index is 467. The molecule has 1 aliphatic rings. The Morgan fingerprint density at radius 3 is 2.85 bits per heavy atom. The Balaban J connectivity index is 1.99. The maximum Gasteiger partial charge on any atom is 0.417 e. The standard InChI is InChI=1S/C13H16BrF3N2O/c1-19-4-5-20-10(8-19)7-18-9-2-3-12(14)11(6-9)13(15,16)17/h2-3,6,10,18H,4-5,7-8H2,1H3. The summed E-state index contributed by atoms with van der Waals surface area (Å²) >= 11 is 2.92. The van der Waals surface area contributed by atoms with Crippen molar-refractivity contribution in [1.82, 2.24) is 4.90 Å². The van der Waals surface area contributed by atoms with Crippen molar-refractivity contribution in [3.63, 3.8) is 0 Å². The largest absolute Gasteiger partial charge is 0.417 e. The SMILES string of the molecule is CN1CCOC(CNc2ccc(Br)c(C(F)(F)F)c2)C1. The van der Waals surface area contributed by atoms with Crippen LogP contribution in [0, 0.1) is 0 Å². The minimum atomic E-state index is -4.36. The van der Waals surface area contributed by atoms with E-state index in [1.165, 1.54) is 6.07 Å². The molecule has 0 saturated carbocycles. The lowest BCUT2D eigenvalue weighted by Crippen LogP contribution is -2.43. The number of benzene rings is 1. The van der Waals surface area contributed by atoms with Crippen LogP contribution in [0.15, 0.2) is 22.7 Å². The van der Waals surface area contributed by atoms with Crippen LogP contribution >= 0.6 is 15.9 Å². The predicted octanol–water partition coefficient (Wildman–Crippen LogP) is 3.21. The summed E-state index contributed by atoms with van der Waals surface area (Å²) in [5, 5.41) is 3.00. The number of morpholine rings is 1. The highest BCUT2D eigenvalue weighted by molar-refractivity contribution is 9.10. The Labute approximate surface area is 124 Å². The summed E-state index contributed by atoms with van der Waals surface area (Å²) in [6.45, 7) is 2.79. The minimum absolute atomic E-state index is 0.00765. The van der Waals surface area contributed by atoms with E-state index >= 15 is 0 Å². The molecule has 112 valence electrons. The third kappa shape index (κ3) is 4.10. The van der Waals surface area contributed by atoms with E-state index in [9.17, 15) is 13.2 Å². The molecule has 0 radical (unpaired) electrons. The monoisotopic (exact) mass is 352 g/mol. The van der Waals surface area contributed by atoms with Gasteiger partial charge in [0.25, 0.3) is 0 Å². The van der Waals surface area contributed by atoms with Gasteiger partial charge in [0.05, 0.1) is 18.3 Å². The number of halogens is 4. The fourth-order valence-corrected chi connectivity index (χ4v) is 2.55. The summed E-state index contributed by atoms with van der Waals surface area (Å²) in [5.41, 5.74) is -0.235. The van der Waals surface area contributed by atoms with Crippen LogP contribution in [0.25, 0.3) is 0 Å². The first-order chi connectivity index (χ1) is 9.36. The number of alkyl halides is 3. The molecule has 7 heteroatoms. The average molecular weight is 353 g/mol. The number of nitrogens with one attached hydrogen (secondary N) is 1. The summed E-state index contributed by atoms with van der Waals surface area (Å²) < 4.78 is 44.0. The van der Waals surface area contributed by atoms with Gasteiger partial charge in [-0.1, -0.05) is 15.9 Å². The van der Waals surface area contributed by atoms with Gasteiger partial charge in [0.15, 0.2) is 0 Å². The molecule has 1 unspecified atom stereocenters. The molecule has 1 N–H and O–H groups in total. The second-order valence-corrected chi connectivity index (χ2v) is 5.68. The number of likely N-dealkylation sites (N-methyl/N-ethyl adjacent to an activating group) is 1. The second-order valence-electron chi connectivity index (χ2n) is 4.83. The van der Waals surface area contributed by atoms with Gasteiger partial charge in [0.2, 0.25) is 0 Å². The van der Waals surface area contributed by atoms with E-state index in [2.05, 4.69) is 26.1 Å². The van der Waals surface area contributed by atoms with Crippen LogP contribution in [0.3, 0.4) is 0 Å². The first kappa shape index (κ1) is 15.6. The highest BCUT2D eigenvalue weighted by Crippen LogP contribution is 2.36. The van der Waals surface area contributed by atoms with Gasteiger partial charge in [-0.2, -0.15) is 13.2 Å². The maximum atomic E-state index is 12.8. The van der Waals surface area contributed by atoms with E-state index < -0.39 is 11.7 Å². The van der Waals surface area contributed by atoms with Gasteiger partial charge in [-0.25, -0.2) is 0 Å². The highest BCUT2D eigenvalue weighted by Gasteiger charge is 2.33. The fourth-order valence-electron chi connectivity index (χ4n) is 2.07. The number of nitrogens with zero attached hydrogens (tertiary/aromatic N) is 1. The van der Waals surface area contributed by atoms with Crippen LogP contribution in [0.5, 0.6) is 0 Å². The minimum Gasteiger partial charge on any atom is -0.382 e. The van der Waals surface area contributed by atoms with Crippen molar-refractivity contribution >= 4 is 21.6 Å². The second kappa shape index (κ2) is 6.32. The molecule has 1 heterocycles. The smallest absolute Gasteiger partial charge is 0.382 e. The summed E-state index contributed by atoms with van der Waals surface area (Å²) in [4.78, 5) is 2.14. The van der Waals surface area contributed by atoms with Gasteiger partial charge < -0.3 is 15.0 Å². The Morgan fingerprint density at radius 2 is 2.20 bits per heavy atom. The molecule has 1 aromatic rings. The van der Waals surface area contributed by atoms with Crippen molar-refractivity contribution in [2.24, 2.45) is 0 Å². The summed E-state index contributed by atoms with van der Waals surface area (Å²) in [7, 11) is 2.00. The maximum absolute atomic E-state index is 12.8. The lowest BCUT2D eigenvalue weighted by atomic mass is 10.2. The van der Waals surface area contributed by atoms with Crippen molar-refractivity contribution < 1.29 is 17.9 Å². The van der Waals surface area contributed by atoms with Crippen molar-refractivity contribution in [2.75, 3.05) is 38.6 Å². The van der Waals surface area contributed by atoms with Gasteiger partial charge in [-0.05, 0) is 25.2 Å². The van der Waals surface area contributed by atoms with Crippen molar-refractivity contribution in [1.29, 1.82) is 0 Å². The fraction of sp³-hybridized carbons (Fsp3) is 0.538. The van der Waals surface area contributed by atoms with E-state index in [0.29, 0.717) is 18.8 Å². The molecule has 1 aliphatic heterocycles. The molecule has 3 nitrogen and oxygen atoms in total. The van der Waals surface area contributed by atoms with E-state index in [0.717, 1.165) is 19.2 Å². The van der Waals surface area contributed by atoms with Crippen molar-refractivity contribution in [3.8, 4) is 0 Å². The summed E-state index contributed by atoms with van der Waals surface area (Å²) in [6.07, 6.45) is -4.37. The van der Waals surface area contributed by atoms with E-state index in [-0.39, 0.29) is 10.6 Å². The Morgan fingerprint density at radius 1 is 1.45 bits per heavy atom. The highest BCUT2D eigenvalue weighted by atomic mass is 79.9. The molecular weight excluding hydrogens is 337 g/mol. The molecule has 1 atom stereocenters. The average Bonchev–Trinajstić information content (AvgIpc) is 2.36. The lowest BCUT2D eigenvalue weighted by molar-refractivity contribution is -0.138. The van der Waals surface area contributed by atoms with Crippen LogP contribution in [0.1, 0.15) is 5.56 Å². The summed E-state index contributed by atoms with van der Waals surface area (Å²) in [6, 6.07) is 4.13. The number of ether oxygens (including phenoxy) is 1. The zero-order chi connectivity index (χ0) is 14.8. The first-order valence-corrected chi connectivity index (χ1v) is 7.06. The molecule has 0 bridgehead atoms. The number of hydrogen-bond acceptors (Lipinski definition) is 3. The van der Waals surface area contributed by atoms with Crippen molar-refractivity contribution in [2.45, 2.75) is 12.3 Å². The third-order valence-electron chi connectivity index (χ3n) is 3.15. The third-order valence-corrected chi connectivity index (χ3v) is 3.84. The van der Waals surface area contributed by atoms with Gasteiger partial charge in [-0.3, -0.25) is 0 Å². The van der Waals surface area contributed by atoms with E-state index in [1.807, 2.05) is 7.05 Å². The van der Waals surface area contributed by atoms with Crippen LogP contribution in [-0.2, 0) is 10.9 Å². The number of anilines is 1. The normalized spacial score (nSPS) is 20.9. The van der Waals surface area contributed by atoms with Gasteiger partial charge in [0, 0.05) is 29.8 Å². The van der Waals surface area contributed by atoms with Crippen LogP contribution in [0.4, 0.5) is 18.9 Å². The quantitative estimate of drug-likeness (QED) is 0.903. The zero-order valence-electron chi connectivity index (χ0n) is 11.0. The van der Waals surface area contributed by atoms with E-state index in [1.54, 1.807) is 6.07 Å². The zero-order valence-corrected chi connectivity index (χ0v) is 12.6. The molecule has 0 amide bonds. The van der Waals surface area contributed by atoms with Gasteiger partial charge >= 0.3 is 6.18 Å². The number of hydrogen-bond donors (Lipinski definition) is 1. The molecular formula is C13H16BrF3N2O. The molecule has 0 aliphatic carbocycles. The van der Waals surface area contributed by atoms with Crippen LogP contribution in [0.2, 0.25) is 0 Å². The van der Waals surface area contributed by atoms with Crippen LogP contribution in [-0.4, -0.2) is 44.3 Å². The Hall–Kier alpha value is -0.790. The molecule has 0 spiro atoms. The molecule has 1 saturated heterocycles. The topological polar surface area (TPSA) is 24.5 Å². The molecule has 2 rings (SSSR count). The summed E-state index contributed by atoms with van der Waals surface area (Å²) in [5.74, 6) is 0. The van der Waals surface area contributed by atoms with Gasteiger partial charge in [-0.15, -0.1) is 0 Å². The predicted molar refractivity (Wildman–Crippen MR) is 74.9 cm³/mol. The lowest BCUT2D eigenvalue weighted by Gasteiger charge is -2.30. The molecule has 1 fully saturated rings. The number of rotatable bonds is 3.